The van der Waals surface area contributed by atoms with Gasteiger partial charge in [0.25, 0.3) is 0 Å². The van der Waals surface area contributed by atoms with Gasteiger partial charge in [-0.3, -0.25) is 4.98 Å². The van der Waals surface area contributed by atoms with E-state index in [1.54, 1.807) is 18.5 Å². The number of methoxy groups -OCH3 is 1. The number of benzene rings is 1. The van der Waals surface area contributed by atoms with Crippen molar-refractivity contribution in [1.82, 2.24) is 24.5 Å². The third-order valence-electron chi connectivity index (χ3n) is 5.95. The van der Waals surface area contributed by atoms with Crippen LogP contribution in [-0.2, 0) is 0 Å². The Morgan fingerprint density at radius 2 is 1.81 bits per heavy atom. The first kappa shape index (κ1) is 19.7. The topological polar surface area (TPSA) is 58.8 Å². The van der Waals surface area contributed by atoms with Crippen LogP contribution < -0.4 is 9.64 Å². The number of fused-ring (bicyclic) bond motifs is 2. The Balaban J connectivity index is 1.54. The van der Waals surface area contributed by atoms with E-state index >= 15 is 0 Å². The highest BCUT2D eigenvalue weighted by atomic mass is 19.1. The van der Waals surface area contributed by atoms with Gasteiger partial charge < -0.3 is 14.5 Å². The Bertz CT molecular complexity index is 1230. The number of pyridine rings is 1. The van der Waals surface area contributed by atoms with E-state index in [1.165, 1.54) is 13.2 Å². The van der Waals surface area contributed by atoms with Gasteiger partial charge in [-0.2, -0.15) is 5.10 Å². The van der Waals surface area contributed by atoms with Crippen LogP contribution in [0.1, 0.15) is 12.8 Å². The van der Waals surface area contributed by atoms with E-state index in [0.29, 0.717) is 5.52 Å². The molecule has 0 amide bonds. The van der Waals surface area contributed by atoms with Crippen molar-refractivity contribution in [3.63, 3.8) is 0 Å². The second-order valence-electron chi connectivity index (χ2n) is 8.00. The minimum Gasteiger partial charge on any atom is -0.494 e. The second kappa shape index (κ2) is 8.11. The summed E-state index contributed by atoms with van der Waals surface area (Å²) >= 11 is 0. The molecule has 0 bridgehead atoms. The number of rotatable bonds is 3. The van der Waals surface area contributed by atoms with Crippen LogP contribution in [-0.4, -0.2) is 64.8 Å². The molecule has 0 spiro atoms. The van der Waals surface area contributed by atoms with Crippen molar-refractivity contribution in [2.24, 2.45) is 0 Å². The molecule has 1 aliphatic rings. The van der Waals surface area contributed by atoms with E-state index in [9.17, 15) is 4.39 Å². The largest absolute Gasteiger partial charge is 0.494 e. The average molecular weight is 420 g/mol. The number of halogens is 1. The smallest absolute Gasteiger partial charge is 0.167 e. The van der Waals surface area contributed by atoms with Crippen LogP contribution in [0.3, 0.4) is 0 Å². The molecular formula is C23H25FN6O. The van der Waals surface area contributed by atoms with Crippen LogP contribution in [0.25, 0.3) is 27.7 Å². The zero-order chi connectivity index (χ0) is 21.4. The van der Waals surface area contributed by atoms with E-state index in [2.05, 4.69) is 26.9 Å². The van der Waals surface area contributed by atoms with E-state index in [1.807, 2.05) is 23.0 Å². The van der Waals surface area contributed by atoms with Gasteiger partial charge in [-0.25, -0.2) is 13.9 Å². The van der Waals surface area contributed by atoms with E-state index < -0.39 is 5.82 Å². The Morgan fingerprint density at radius 1 is 1.00 bits per heavy atom. The van der Waals surface area contributed by atoms with Crippen molar-refractivity contribution in [3.05, 3.63) is 48.8 Å². The number of ether oxygens (including phenoxy) is 1. The lowest BCUT2D eigenvalue weighted by atomic mass is 10.0. The van der Waals surface area contributed by atoms with Crippen molar-refractivity contribution in [2.75, 3.05) is 45.2 Å². The van der Waals surface area contributed by atoms with Crippen molar-refractivity contribution in [2.45, 2.75) is 12.8 Å². The molecule has 4 aromatic rings. The predicted molar refractivity (Wildman–Crippen MR) is 119 cm³/mol. The van der Waals surface area contributed by atoms with Gasteiger partial charge in [-0.05, 0) is 50.7 Å². The second-order valence-corrected chi connectivity index (χ2v) is 8.00. The van der Waals surface area contributed by atoms with Gasteiger partial charge in [-0.15, -0.1) is 0 Å². The maximum atomic E-state index is 14.1. The monoisotopic (exact) mass is 420 g/mol. The fourth-order valence-electron chi connectivity index (χ4n) is 4.30. The van der Waals surface area contributed by atoms with E-state index in [4.69, 9.17) is 9.72 Å². The number of aromatic nitrogens is 4. The highest BCUT2D eigenvalue weighted by Gasteiger charge is 2.17. The summed E-state index contributed by atoms with van der Waals surface area (Å²) in [6.07, 6.45) is 9.70. The number of anilines is 1. The maximum Gasteiger partial charge on any atom is 0.167 e. The summed E-state index contributed by atoms with van der Waals surface area (Å²) in [5, 5.41) is 5.37. The molecule has 7 nitrogen and oxygen atoms in total. The molecule has 1 aliphatic heterocycles. The van der Waals surface area contributed by atoms with Crippen molar-refractivity contribution >= 4 is 22.2 Å². The molecule has 0 aliphatic carbocycles. The molecule has 0 saturated carbocycles. The number of hydrogen-bond donors (Lipinski definition) is 0. The molecule has 3 aromatic heterocycles. The van der Waals surface area contributed by atoms with E-state index in [0.717, 1.165) is 66.9 Å². The predicted octanol–water partition coefficient (Wildman–Crippen LogP) is 3.62. The van der Waals surface area contributed by atoms with Crippen LogP contribution in [0.15, 0.2) is 43.0 Å². The fraction of sp³-hybridized carbons (Fsp3) is 0.348. The molecular weight excluding hydrogens is 395 g/mol. The van der Waals surface area contributed by atoms with Gasteiger partial charge in [0.05, 0.1) is 36.9 Å². The third kappa shape index (κ3) is 3.67. The Kier molecular flexibility index (Phi) is 5.15. The summed E-state index contributed by atoms with van der Waals surface area (Å²) in [5.74, 6) is -0.238. The lowest BCUT2D eigenvalue weighted by Gasteiger charge is -2.29. The van der Waals surface area contributed by atoms with Gasteiger partial charge in [0.15, 0.2) is 17.2 Å². The van der Waals surface area contributed by atoms with Crippen LogP contribution in [0, 0.1) is 5.82 Å². The molecule has 0 atom stereocenters. The van der Waals surface area contributed by atoms with Gasteiger partial charge in [0.2, 0.25) is 0 Å². The van der Waals surface area contributed by atoms with Crippen molar-refractivity contribution in [3.8, 4) is 16.9 Å². The zero-order valence-corrected chi connectivity index (χ0v) is 17.8. The molecule has 1 fully saturated rings. The molecule has 160 valence electrons. The van der Waals surface area contributed by atoms with Gasteiger partial charge in [0, 0.05) is 36.3 Å². The molecule has 1 saturated heterocycles. The lowest BCUT2D eigenvalue weighted by molar-refractivity contribution is 0.313. The summed E-state index contributed by atoms with van der Waals surface area (Å²) in [7, 11) is 3.64. The zero-order valence-electron chi connectivity index (χ0n) is 17.8. The SMILES string of the molecule is COc1cc2c(-c3cnn4cc(N5CCCN(C)CCC5)cnc34)ccnc2cc1F. The van der Waals surface area contributed by atoms with Crippen LogP contribution >= 0.6 is 0 Å². The Labute approximate surface area is 180 Å². The van der Waals surface area contributed by atoms with Crippen LogP contribution in [0.2, 0.25) is 0 Å². The number of hydrogen-bond acceptors (Lipinski definition) is 6. The summed E-state index contributed by atoms with van der Waals surface area (Å²) in [4.78, 5) is 13.8. The summed E-state index contributed by atoms with van der Waals surface area (Å²) < 4.78 is 21.1. The quantitative estimate of drug-likeness (QED) is 0.505. The van der Waals surface area contributed by atoms with Gasteiger partial charge in [0.1, 0.15) is 0 Å². The van der Waals surface area contributed by atoms with Gasteiger partial charge in [-0.1, -0.05) is 0 Å². The standard InChI is InChI=1S/C23H25FN6O/c1-28-7-3-9-29(10-4-8-28)16-13-26-23-19(14-27-30(23)15-16)17-5-6-25-21-12-20(24)22(31-2)11-18(17)21/h5-6,11-15H,3-4,7-10H2,1-2H3. The summed E-state index contributed by atoms with van der Waals surface area (Å²) in [6.45, 7) is 4.23. The molecule has 0 unspecified atom stereocenters. The molecule has 5 rings (SSSR count). The molecule has 8 heteroatoms. The van der Waals surface area contributed by atoms with Crippen molar-refractivity contribution < 1.29 is 9.13 Å². The summed E-state index contributed by atoms with van der Waals surface area (Å²) in [6, 6.07) is 4.98. The Hall–Kier alpha value is -3.26. The van der Waals surface area contributed by atoms with Crippen LogP contribution in [0.4, 0.5) is 10.1 Å². The maximum absolute atomic E-state index is 14.1. The average Bonchev–Trinajstić information content (AvgIpc) is 3.18. The first-order valence-corrected chi connectivity index (χ1v) is 10.5. The normalized spacial score (nSPS) is 15.9. The highest BCUT2D eigenvalue weighted by Crippen LogP contribution is 2.33. The lowest BCUT2D eigenvalue weighted by Crippen LogP contribution is -2.35. The van der Waals surface area contributed by atoms with E-state index in [-0.39, 0.29) is 5.75 Å². The minimum atomic E-state index is -0.429. The molecule has 0 N–H and O–H groups in total. The fourth-order valence-corrected chi connectivity index (χ4v) is 4.30. The summed E-state index contributed by atoms with van der Waals surface area (Å²) in [5.41, 5.74) is 4.17. The highest BCUT2D eigenvalue weighted by molar-refractivity contribution is 5.98. The number of nitrogens with zero attached hydrogens (tertiary/aromatic N) is 6. The third-order valence-corrected chi connectivity index (χ3v) is 5.95. The first-order valence-electron chi connectivity index (χ1n) is 10.5. The molecule has 4 heterocycles. The molecule has 31 heavy (non-hydrogen) atoms. The van der Waals surface area contributed by atoms with Crippen molar-refractivity contribution in [1.29, 1.82) is 0 Å². The molecule has 1 aromatic carbocycles. The van der Waals surface area contributed by atoms with Crippen LogP contribution in [0.5, 0.6) is 5.75 Å². The minimum absolute atomic E-state index is 0.191. The molecule has 0 radical (unpaired) electrons. The first-order chi connectivity index (χ1) is 15.1. The Morgan fingerprint density at radius 3 is 2.58 bits per heavy atom. The van der Waals surface area contributed by atoms with Gasteiger partial charge >= 0.3 is 0 Å².